The lowest BCUT2D eigenvalue weighted by Gasteiger charge is -2.26. The van der Waals surface area contributed by atoms with E-state index in [2.05, 4.69) is 0 Å². The number of hydrogen-bond acceptors (Lipinski definition) is 6. The van der Waals surface area contributed by atoms with Gasteiger partial charge < -0.3 is 24.2 Å². The van der Waals surface area contributed by atoms with Crippen LogP contribution in [-0.2, 0) is 14.3 Å². The molecule has 1 fully saturated rings. The van der Waals surface area contributed by atoms with E-state index in [-0.39, 0.29) is 17.4 Å². The van der Waals surface area contributed by atoms with E-state index in [0.29, 0.717) is 36.6 Å². The number of amides is 1. The number of ketones is 1. The molecule has 33 heavy (non-hydrogen) atoms. The molecule has 176 valence electrons. The minimum atomic E-state index is -0.710. The molecule has 1 heterocycles. The Morgan fingerprint density at radius 2 is 1.79 bits per heavy atom. The molecule has 3 rings (SSSR count). The number of ether oxygens (including phenoxy) is 3. The van der Waals surface area contributed by atoms with Gasteiger partial charge in [0.05, 0.1) is 31.9 Å². The normalized spacial score (nSPS) is 17.6. The van der Waals surface area contributed by atoms with Crippen molar-refractivity contribution in [3.8, 4) is 11.5 Å². The minimum absolute atomic E-state index is 0.0580. The van der Waals surface area contributed by atoms with E-state index in [9.17, 15) is 14.7 Å². The van der Waals surface area contributed by atoms with Crippen LogP contribution in [0.3, 0.4) is 0 Å². The standard InChI is InChI=1S/C26H31NO6/c1-16(2)33-13-7-12-27-23(18-9-6-8-17(3)14-18)22(25(29)26(27)30)24(28)19-10-11-20(31-4)21(15-19)32-5/h6,8-11,14-16,23,28H,7,12-13H2,1-5H3/b24-22-. The number of aliphatic hydroxyl groups excluding tert-OH is 1. The number of methoxy groups -OCH3 is 2. The summed E-state index contributed by atoms with van der Waals surface area (Å²) in [6.07, 6.45) is 0.655. The maximum atomic E-state index is 13.1. The van der Waals surface area contributed by atoms with Gasteiger partial charge in [-0.25, -0.2) is 0 Å². The Labute approximate surface area is 194 Å². The highest BCUT2D eigenvalue weighted by atomic mass is 16.5. The van der Waals surface area contributed by atoms with Gasteiger partial charge in [-0.2, -0.15) is 0 Å². The van der Waals surface area contributed by atoms with Gasteiger partial charge in [-0.1, -0.05) is 29.8 Å². The third-order valence-electron chi connectivity index (χ3n) is 5.55. The number of benzene rings is 2. The van der Waals surface area contributed by atoms with Crippen LogP contribution >= 0.6 is 0 Å². The van der Waals surface area contributed by atoms with Gasteiger partial charge in [0.1, 0.15) is 5.76 Å². The number of nitrogens with zero attached hydrogens (tertiary/aromatic N) is 1. The summed E-state index contributed by atoms with van der Waals surface area (Å²) >= 11 is 0. The number of rotatable bonds is 9. The van der Waals surface area contributed by atoms with E-state index in [1.807, 2.05) is 45.0 Å². The first-order chi connectivity index (χ1) is 15.8. The van der Waals surface area contributed by atoms with Gasteiger partial charge in [0, 0.05) is 18.7 Å². The first kappa shape index (κ1) is 24.3. The Balaban J connectivity index is 2.07. The monoisotopic (exact) mass is 453 g/mol. The van der Waals surface area contributed by atoms with Gasteiger partial charge in [0.25, 0.3) is 11.7 Å². The molecule has 2 aromatic rings. The number of aliphatic hydroxyl groups is 1. The van der Waals surface area contributed by atoms with Crippen molar-refractivity contribution in [3.05, 3.63) is 64.7 Å². The first-order valence-electron chi connectivity index (χ1n) is 11.0. The van der Waals surface area contributed by atoms with E-state index in [1.54, 1.807) is 18.2 Å². The van der Waals surface area contributed by atoms with Gasteiger partial charge in [-0.3, -0.25) is 9.59 Å². The molecule has 7 nitrogen and oxygen atoms in total. The average Bonchev–Trinajstić information content (AvgIpc) is 3.05. The number of carbonyl (C=O) groups excluding carboxylic acids is 2. The van der Waals surface area contributed by atoms with Crippen molar-refractivity contribution in [1.29, 1.82) is 0 Å². The van der Waals surface area contributed by atoms with Gasteiger partial charge in [-0.15, -0.1) is 0 Å². The van der Waals surface area contributed by atoms with Crippen molar-refractivity contribution in [3.63, 3.8) is 0 Å². The molecule has 2 aromatic carbocycles. The molecule has 0 aliphatic carbocycles. The molecule has 1 amide bonds. The second-order valence-electron chi connectivity index (χ2n) is 8.25. The molecule has 0 aromatic heterocycles. The summed E-state index contributed by atoms with van der Waals surface area (Å²) in [6, 6.07) is 11.8. The molecule has 0 spiro atoms. The molecule has 1 aliphatic rings. The lowest BCUT2D eigenvalue weighted by atomic mass is 9.94. The molecular formula is C26H31NO6. The second kappa shape index (κ2) is 10.5. The number of likely N-dealkylation sites (tertiary alicyclic amines) is 1. The minimum Gasteiger partial charge on any atom is -0.507 e. The average molecular weight is 454 g/mol. The Hall–Kier alpha value is -3.32. The fourth-order valence-electron chi connectivity index (χ4n) is 3.99. The predicted octanol–water partition coefficient (Wildman–Crippen LogP) is 4.25. The van der Waals surface area contributed by atoms with Gasteiger partial charge in [0.2, 0.25) is 0 Å². The lowest BCUT2D eigenvalue weighted by molar-refractivity contribution is -0.140. The molecule has 1 atom stereocenters. The van der Waals surface area contributed by atoms with Crippen molar-refractivity contribution in [1.82, 2.24) is 4.90 Å². The molecule has 1 N–H and O–H groups in total. The summed E-state index contributed by atoms with van der Waals surface area (Å²) in [4.78, 5) is 27.7. The van der Waals surface area contributed by atoms with Crippen LogP contribution in [-0.4, -0.2) is 55.2 Å². The van der Waals surface area contributed by atoms with E-state index in [0.717, 1.165) is 11.1 Å². The van der Waals surface area contributed by atoms with Crippen molar-refractivity contribution >= 4 is 17.4 Å². The molecule has 0 saturated carbocycles. The second-order valence-corrected chi connectivity index (χ2v) is 8.25. The summed E-state index contributed by atoms with van der Waals surface area (Å²) in [5.41, 5.74) is 2.18. The van der Waals surface area contributed by atoms with Crippen LogP contribution in [0.15, 0.2) is 48.0 Å². The zero-order chi connectivity index (χ0) is 24.1. The topological polar surface area (TPSA) is 85.3 Å². The molecule has 1 saturated heterocycles. The third-order valence-corrected chi connectivity index (χ3v) is 5.55. The van der Waals surface area contributed by atoms with E-state index in [4.69, 9.17) is 14.2 Å². The molecule has 0 radical (unpaired) electrons. The van der Waals surface area contributed by atoms with Crippen molar-refractivity contribution in [2.75, 3.05) is 27.4 Å². The SMILES string of the molecule is COc1ccc(/C(O)=C2/C(=O)C(=O)N(CCCOC(C)C)C2c2cccc(C)c2)cc1OC. The van der Waals surface area contributed by atoms with Gasteiger partial charge in [0.15, 0.2) is 11.5 Å². The summed E-state index contributed by atoms with van der Waals surface area (Å²) in [5.74, 6) is -0.683. The van der Waals surface area contributed by atoms with E-state index >= 15 is 0 Å². The highest BCUT2D eigenvalue weighted by Gasteiger charge is 2.45. The lowest BCUT2D eigenvalue weighted by Crippen LogP contribution is -2.31. The van der Waals surface area contributed by atoms with Crippen LogP contribution in [0.25, 0.3) is 5.76 Å². The van der Waals surface area contributed by atoms with E-state index < -0.39 is 17.7 Å². The number of aryl methyl sites for hydroxylation is 1. The predicted molar refractivity (Wildman–Crippen MR) is 125 cm³/mol. The molecule has 1 aliphatic heterocycles. The fraction of sp³-hybridized carbons (Fsp3) is 0.385. The summed E-state index contributed by atoms with van der Waals surface area (Å²) in [7, 11) is 3.01. The van der Waals surface area contributed by atoms with Crippen LogP contribution in [0.1, 0.15) is 43.0 Å². The number of hydrogen-bond donors (Lipinski definition) is 1. The molecule has 1 unspecified atom stereocenters. The maximum Gasteiger partial charge on any atom is 0.295 e. The number of Topliss-reactive ketones (excluding diaryl/α,β-unsaturated/α-hetero) is 1. The largest absolute Gasteiger partial charge is 0.507 e. The van der Waals surface area contributed by atoms with Crippen LogP contribution in [0.2, 0.25) is 0 Å². The maximum absolute atomic E-state index is 13.1. The highest BCUT2D eigenvalue weighted by Crippen LogP contribution is 2.40. The van der Waals surface area contributed by atoms with Crippen molar-refractivity contribution in [2.45, 2.75) is 39.3 Å². The Morgan fingerprint density at radius 3 is 2.42 bits per heavy atom. The fourth-order valence-corrected chi connectivity index (χ4v) is 3.99. The van der Waals surface area contributed by atoms with Crippen LogP contribution < -0.4 is 9.47 Å². The molecule has 7 heteroatoms. The van der Waals surface area contributed by atoms with Gasteiger partial charge >= 0.3 is 0 Å². The van der Waals surface area contributed by atoms with Crippen molar-refractivity contribution < 1.29 is 28.9 Å². The first-order valence-corrected chi connectivity index (χ1v) is 11.0. The highest BCUT2D eigenvalue weighted by molar-refractivity contribution is 6.46. The van der Waals surface area contributed by atoms with Gasteiger partial charge in [-0.05, 0) is 51.0 Å². The van der Waals surface area contributed by atoms with E-state index in [1.165, 1.54) is 19.1 Å². The Bertz CT molecular complexity index is 1060. The zero-order valence-corrected chi connectivity index (χ0v) is 19.8. The van der Waals surface area contributed by atoms with Crippen LogP contribution in [0, 0.1) is 6.92 Å². The molecular weight excluding hydrogens is 422 g/mol. The third kappa shape index (κ3) is 5.20. The quantitative estimate of drug-likeness (QED) is 0.264. The Kier molecular flexibility index (Phi) is 7.76. The van der Waals surface area contributed by atoms with Crippen LogP contribution in [0.4, 0.5) is 0 Å². The smallest absolute Gasteiger partial charge is 0.295 e. The molecule has 0 bridgehead atoms. The summed E-state index contributed by atoms with van der Waals surface area (Å²) in [5, 5.41) is 11.2. The summed E-state index contributed by atoms with van der Waals surface area (Å²) in [6.45, 7) is 6.64. The van der Waals surface area contributed by atoms with Crippen molar-refractivity contribution in [2.24, 2.45) is 0 Å². The summed E-state index contributed by atoms with van der Waals surface area (Å²) < 4.78 is 16.2. The van der Waals surface area contributed by atoms with Crippen LogP contribution in [0.5, 0.6) is 11.5 Å². The Morgan fingerprint density at radius 1 is 1.06 bits per heavy atom. The number of carbonyl (C=O) groups is 2. The zero-order valence-electron chi connectivity index (χ0n) is 19.8.